The van der Waals surface area contributed by atoms with Crippen molar-refractivity contribution in [3.05, 3.63) is 22.8 Å². The van der Waals surface area contributed by atoms with Crippen molar-refractivity contribution in [2.45, 2.75) is 74.5 Å². The molecule has 0 aliphatic heterocycles. The average molecular weight is 350 g/mol. The molecule has 0 amide bonds. The molecule has 0 heterocycles. The topological polar surface area (TPSA) is 69.7 Å². The van der Waals surface area contributed by atoms with Gasteiger partial charge < -0.3 is 9.47 Å². The first kappa shape index (κ1) is 21.1. The van der Waals surface area contributed by atoms with Crippen molar-refractivity contribution < 1.29 is 23.9 Å². The number of ketones is 1. The maximum absolute atomic E-state index is 13.2. The van der Waals surface area contributed by atoms with Crippen LogP contribution in [0.3, 0.4) is 0 Å². The highest BCUT2D eigenvalue weighted by atomic mass is 16.7. The minimum absolute atomic E-state index is 0.0909. The Morgan fingerprint density at radius 3 is 1.68 bits per heavy atom. The molecule has 25 heavy (non-hydrogen) atoms. The monoisotopic (exact) mass is 350 g/mol. The Morgan fingerprint density at radius 1 is 0.960 bits per heavy atom. The van der Waals surface area contributed by atoms with Gasteiger partial charge in [-0.3, -0.25) is 14.4 Å². The third kappa shape index (κ3) is 4.39. The summed E-state index contributed by atoms with van der Waals surface area (Å²) < 4.78 is 11.0. The zero-order chi connectivity index (χ0) is 19.8. The number of allylic oxidation sites excluding steroid dienone is 2. The molecule has 0 saturated carbocycles. The van der Waals surface area contributed by atoms with Crippen molar-refractivity contribution in [1.29, 1.82) is 0 Å². The first-order valence-corrected chi connectivity index (χ1v) is 8.57. The molecule has 140 valence electrons. The number of hydrogen-bond acceptors (Lipinski definition) is 5. The summed E-state index contributed by atoms with van der Waals surface area (Å²) >= 11 is 0. The first-order valence-electron chi connectivity index (χ1n) is 8.57. The van der Waals surface area contributed by atoms with Gasteiger partial charge in [-0.2, -0.15) is 0 Å². The fourth-order valence-corrected chi connectivity index (χ4v) is 3.19. The number of carbonyl (C=O) groups is 3. The van der Waals surface area contributed by atoms with Gasteiger partial charge in [0.25, 0.3) is 0 Å². The van der Waals surface area contributed by atoms with Crippen LogP contribution in [0.25, 0.3) is 0 Å². The highest BCUT2D eigenvalue weighted by Crippen LogP contribution is 2.46. The largest absolute Gasteiger partial charge is 0.415 e. The van der Waals surface area contributed by atoms with Crippen LogP contribution in [-0.4, -0.2) is 23.5 Å². The van der Waals surface area contributed by atoms with E-state index >= 15 is 0 Å². The van der Waals surface area contributed by atoms with Crippen molar-refractivity contribution in [3.63, 3.8) is 0 Å². The number of ether oxygens (including phenoxy) is 2. The Hall–Kier alpha value is -1.91. The lowest BCUT2D eigenvalue weighted by Gasteiger charge is -2.41. The molecule has 1 aliphatic rings. The summed E-state index contributed by atoms with van der Waals surface area (Å²) in [5.41, 5.74) is 0.516. The lowest BCUT2D eigenvalue weighted by molar-refractivity contribution is -0.199. The molecule has 0 bridgehead atoms. The molecule has 0 aromatic carbocycles. The van der Waals surface area contributed by atoms with Crippen LogP contribution in [0.5, 0.6) is 0 Å². The summed E-state index contributed by atoms with van der Waals surface area (Å²) in [4.78, 5) is 36.8. The average Bonchev–Trinajstić information content (AvgIpc) is 2.36. The molecule has 0 aromatic rings. The van der Waals surface area contributed by atoms with Gasteiger partial charge in [-0.1, -0.05) is 48.5 Å². The van der Waals surface area contributed by atoms with E-state index in [0.29, 0.717) is 23.1 Å². The van der Waals surface area contributed by atoms with Crippen LogP contribution in [0.2, 0.25) is 0 Å². The second-order valence-electron chi connectivity index (χ2n) is 8.45. The Bertz CT molecular complexity index is 635. The molecule has 1 rings (SSSR count). The Kier molecular flexibility index (Phi) is 5.72. The van der Waals surface area contributed by atoms with E-state index in [0.717, 1.165) is 0 Å². The molecule has 0 unspecified atom stereocenters. The van der Waals surface area contributed by atoms with Crippen LogP contribution in [0.15, 0.2) is 22.8 Å². The van der Waals surface area contributed by atoms with Crippen LogP contribution < -0.4 is 0 Å². The molecule has 0 aromatic heterocycles. The minimum Gasteiger partial charge on any atom is -0.415 e. The van der Waals surface area contributed by atoms with E-state index in [2.05, 4.69) is 0 Å². The van der Waals surface area contributed by atoms with Crippen molar-refractivity contribution in [3.8, 4) is 0 Å². The molecule has 0 radical (unpaired) electrons. The molecule has 5 nitrogen and oxygen atoms in total. The zero-order valence-electron chi connectivity index (χ0n) is 16.8. The van der Waals surface area contributed by atoms with Gasteiger partial charge in [0.1, 0.15) is 0 Å². The van der Waals surface area contributed by atoms with Crippen molar-refractivity contribution in [1.82, 2.24) is 0 Å². The summed E-state index contributed by atoms with van der Waals surface area (Å²) in [6.07, 6.45) is 1.92. The molecule has 0 spiro atoms. The standard InChI is InChI=1S/C20H30O5/c1-10-14-16(19(7,8)9)17(23)15(18(4,5)6)11-20(14,24-12(2)21)25-13(3)22/h11H,10H2,1-9H3. The number of esters is 2. The maximum atomic E-state index is 13.2. The Balaban J connectivity index is 3.90. The van der Waals surface area contributed by atoms with E-state index in [1.165, 1.54) is 19.9 Å². The third-order valence-corrected chi connectivity index (χ3v) is 4.03. The van der Waals surface area contributed by atoms with Gasteiger partial charge in [0.15, 0.2) is 5.78 Å². The normalized spacial score (nSPS) is 18.0. The molecule has 0 saturated heterocycles. The zero-order valence-corrected chi connectivity index (χ0v) is 16.8. The molecular formula is C20H30O5. The SMILES string of the molecule is CCC1=C(C(C)(C)C)C(=O)C(C(C)(C)C)=CC1(OC(C)=O)OC(C)=O. The Morgan fingerprint density at radius 2 is 1.40 bits per heavy atom. The predicted octanol–water partition coefficient (Wildman–Crippen LogP) is 4.12. The summed E-state index contributed by atoms with van der Waals surface area (Å²) in [5, 5.41) is 0. The van der Waals surface area contributed by atoms with E-state index < -0.39 is 28.6 Å². The lowest BCUT2D eigenvalue weighted by atomic mass is 9.68. The molecule has 1 aliphatic carbocycles. The highest BCUT2D eigenvalue weighted by Gasteiger charge is 2.50. The van der Waals surface area contributed by atoms with Crippen LogP contribution in [0.4, 0.5) is 0 Å². The van der Waals surface area contributed by atoms with E-state index in [1.807, 2.05) is 48.5 Å². The predicted molar refractivity (Wildman–Crippen MR) is 95.6 cm³/mol. The smallest absolute Gasteiger partial charge is 0.306 e. The van der Waals surface area contributed by atoms with Gasteiger partial charge in [0, 0.05) is 36.6 Å². The van der Waals surface area contributed by atoms with Gasteiger partial charge in [-0.15, -0.1) is 0 Å². The number of rotatable bonds is 3. The molecular weight excluding hydrogens is 320 g/mol. The quantitative estimate of drug-likeness (QED) is 0.566. The van der Waals surface area contributed by atoms with E-state index in [-0.39, 0.29) is 5.78 Å². The van der Waals surface area contributed by atoms with E-state index in [4.69, 9.17) is 9.47 Å². The van der Waals surface area contributed by atoms with Crippen LogP contribution in [-0.2, 0) is 23.9 Å². The van der Waals surface area contributed by atoms with E-state index in [9.17, 15) is 14.4 Å². The van der Waals surface area contributed by atoms with Crippen LogP contribution in [0.1, 0.15) is 68.7 Å². The maximum Gasteiger partial charge on any atom is 0.306 e. The summed E-state index contributed by atoms with van der Waals surface area (Å²) in [5.74, 6) is -2.93. The second-order valence-corrected chi connectivity index (χ2v) is 8.45. The Labute approximate surface area is 150 Å². The molecule has 0 atom stereocenters. The van der Waals surface area contributed by atoms with Gasteiger partial charge >= 0.3 is 17.7 Å². The fourth-order valence-electron chi connectivity index (χ4n) is 3.19. The number of hydrogen-bond donors (Lipinski definition) is 0. The summed E-state index contributed by atoms with van der Waals surface area (Å²) in [6.45, 7) is 15.9. The highest BCUT2D eigenvalue weighted by molar-refractivity contribution is 6.12. The molecule has 0 N–H and O–H groups in total. The molecule has 5 heteroatoms. The molecule has 0 fully saturated rings. The first-order chi connectivity index (χ1) is 11.2. The van der Waals surface area contributed by atoms with Gasteiger partial charge in [-0.05, 0) is 17.3 Å². The van der Waals surface area contributed by atoms with Crippen LogP contribution >= 0.6 is 0 Å². The van der Waals surface area contributed by atoms with Crippen molar-refractivity contribution >= 4 is 17.7 Å². The van der Waals surface area contributed by atoms with E-state index in [1.54, 1.807) is 0 Å². The summed E-state index contributed by atoms with van der Waals surface area (Å²) in [7, 11) is 0. The van der Waals surface area contributed by atoms with Gasteiger partial charge in [0.2, 0.25) is 0 Å². The van der Waals surface area contributed by atoms with Crippen LogP contribution in [0, 0.1) is 10.8 Å². The van der Waals surface area contributed by atoms with Gasteiger partial charge in [-0.25, -0.2) is 0 Å². The number of Topliss-reactive ketones (excluding diaryl/α,β-unsaturated/α-hetero) is 1. The second kappa shape index (κ2) is 6.77. The number of carbonyl (C=O) groups excluding carboxylic acids is 3. The lowest BCUT2D eigenvalue weighted by Crippen LogP contribution is -2.46. The van der Waals surface area contributed by atoms with Crippen molar-refractivity contribution in [2.75, 3.05) is 0 Å². The van der Waals surface area contributed by atoms with Crippen molar-refractivity contribution in [2.24, 2.45) is 10.8 Å². The fraction of sp³-hybridized carbons (Fsp3) is 0.650. The minimum atomic E-state index is -1.68. The third-order valence-electron chi connectivity index (χ3n) is 4.03. The van der Waals surface area contributed by atoms with Gasteiger partial charge in [0.05, 0.1) is 0 Å². The summed E-state index contributed by atoms with van der Waals surface area (Å²) in [6, 6.07) is 0.